The molecule has 0 unspecified atom stereocenters. The Kier molecular flexibility index (Phi) is 4.30. The fourth-order valence-electron chi connectivity index (χ4n) is 2.34. The van der Waals surface area contributed by atoms with Crippen LogP contribution in [0.3, 0.4) is 0 Å². The number of nitrogens with zero attached hydrogens (tertiary/aromatic N) is 5. The Morgan fingerprint density at radius 1 is 1.12 bits per heavy atom. The summed E-state index contributed by atoms with van der Waals surface area (Å²) >= 11 is 1.47. The van der Waals surface area contributed by atoms with E-state index in [1.807, 2.05) is 52.4 Å². The number of fused-ring (bicyclic) bond motifs is 1. The molecule has 3 rings (SSSR count). The maximum Gasteiger partial charge on any atom is 0.194 e. The molecule has 0 fully saturated rings. The van der Waals surface area contributed by atoms with Crippen molar-refractivity contribution in [3.05, 3.63) is 64.4 Å². The number of nitrogens with two attached hydrogens (primary N) is 1. The maximum absolute atomic E-state index is 9.44. The van der Waals surface area contributed by atoms with Crippen LogP contribution in [0, 0.1) is 34.0 Å². The smallest absolute Gasteiger partial charge is 0.194 e. The highest BCUT2D eigenvalue weighted by Gasteiger charge is 2.16. The molecule has 0 radical (unpaired) electrons. The number of imidazole rings is 1. The average molecular weight is 342 g/mol. The van der Waals surface area contributed by atoms with Crippen LogP contribution in [0.5, 0.6) is 0 Å². The molecule has 2 N–H and O–H groups in total. The van der Waals surface area contributed by atoms with Crippen LogP contribution in [0.25, 0.3) is 22.3 Å². The zero-order chi connectivity index (χ0) is 17.8. The predicted octanol–water partition coefficient (Wildman–Crippen LogP) is 3.23. The molecular weight excluding hydrogens is 332 g/mol. The van der Waals surface area contributed by atoms with Crippen molar-refractivity contribution in [3.63, 3.8) is 0 Å². The number of hydrogen-bond acceptors (Lipinski definition) is 6. The SMILES string of the molecule is N#CC(=Cc1c(-c2ccccc2)nc2sccn12)C(N)=C(C#N)C#N. The zero-order valence-corrected chi connectivity index (χ0v) is 13.7. The lowest BCUT2D eigenvalue weighted by Gasteiger charge is -2.02. The third kappa shape index (κ3) is 2.86. The summed E-state index contributed by atoms with van der Waals surface area (Å²) in [4.78, 5) is 5.38. The van der Waals surface area contributed by atoms with Gasteiger partial charge in [0, 0.05) is 17.1 Å². The highest BCUT2D eigenvalue weighted by atomic mass is 32.1. The summed E-state index contributed by atoms with van der Waals surface area (Å²) in [5, 5.41) is 29.3. The molecule has 6 nitrogen and oxygen atoms in total. The monoisotopic (exact) mass is 342 g/mol. The number of nitriles is 3. The molecule has 7 heteroatoms. The van der Waals surface area contributed by atoms with Crippen molar-refractivity contribution in [3.8, 4) is 29.5 Å². The van der Waals surface area contributed by atoms with E-state index in [2.05, 4.69) is 4.98 Å². The Hall–Kier alpha value is -3.86. The third-order valence-electron chi connectivity index (χ3n) is 3.53. The average Bonchev–Trinajstić information content (AvgIpc) is 3.23. The minimum Gasteiger partial charge on any atom is -0.396 e. The van der Waals surface area contributed by atoms with Gasteiger partial charge in [0.2, 0.25) is 0 Å². The normalized spacial score (nSPS) is 10.7. The van der Waals surface area contributed by atoms with Crippen molar-refractivity contribution in [1.82, 2.24) is 9.38 Å². The van der Waals surface area contributed by atoms with Crippen molar-refractivity contribution < 1.29 is 0 Å². The van der Waals surface area contributed by atoms with Gasteiger partial charge in [-0.15, -0.1) is 11.3 Å². The molecule has 0 aliphatic rings. The first-order valence-corrected chi connectivity index (χ1v) is 8.00. The fraction of sp³-hybridized carbons (Fsp3) is 0. The lowest BCUT2D eigenvalue weighted by atomic mass is 10.1. The van der Waals surface area contributed by atoms with E-state index in [1.54, 1.807) is 18.2 Å². The van der Waals surface area contributed by atoms with Crippen LogP contribution in [-0.2, 0) is 0 Å². The summed E-state index contributed by atoms with van der Waals surface area (Å²) in [5.74, 6) is 0. The van der Waals surface area contributed by atoms with E-state index >= 15 is 0 Å². The van der Waals surface area contributed by atoms with Gasteiger partial charge >= 0.3 is 0 Å². The van der Waals surface area contributed by atoms with Gasteiger partial charge in [-0.05, 0) is 6.08 Å². The van der Waals surface area contributed by atoms with Crippen LogP contribution in [0.2, 0.25) is 0 Å². The van der Waals surface area contributed by atoms with Crippen molar-refractivity contribution in [2.45, 2.75) is 0 Å². The molecule has 0 saturated heterocycles. The van der Waals surface area contributed by atoms with Gasteiger partial charge in [0.15, 0.2) is 10.5 Å². The molecule has 0 aliphatic carbocycles. The molecular formula is C18H10N6S. The molecule has 25 heavy (non-hydrogen) atoms. The topological polar surface area (TPSA) is 115 Å². The van der Waals surface area contributed by atoms with Crippen LogP contribution in [0.1, 0.15) is 5.69 Å². The number of hydrogen-bond donors (Lipinski definition) is 1. The number of aromatic nitrogens is 2. The second-order valence-corrected chi connectivity index (χ2v) is 5.82. The largest absolute Gasteiger partial charge is 0.396 e. The number of thiazole rings is 1. The summed E-state index contributed by atoms with van der Waals surface area (Å²) in [6.07, 6.45) is 3.40. The summed E-state index contributed by atoms with van der Waals surface area (Å²) in [5.41, 5.74) is 7.70. The molecule has 118 valence electrons. The number of rotatable bonds is 3. The summed E-state index contributed by atoms with van der Waals surface area (Å²) < 4.78 is 1.84. The molecule has 0 amide bonds. The zero-order valence-electron chi connectivity index (χ0n) is 12.8. The Morgan fingerprint density at radius 3 is 2.48 bits per heavy atom. The van der Waals surface area contributed by atoms with Gasteiger partial charge in [-0.25, -0.2) is 4.98 Å². The fourth-order valence-corrected chi connectivity index (χ4v) is 3.06. The lowest BCUT2D eigenvalue weighted by Crippen LogP contribution is -2.04. The first-order valence-electron chi connectivity index (χ1n) is 7.12. The van der Waals surface area contributed by atoms with Crippen LogP contribution >= 0.6 is 11.3 Å². The highest BCUT2D eigenvalue weighted by Crippen LogP contribution is 2.29. The van der Waals surface area contributed by atoms with E-state index in [-0.39, 0.29) is 16.8 Å². The Bertz CT molecular complexity index is 1110. The summed E-state index contributed by atoms with van der Waals surface area (Å²) in [6.45, 7) is 0. The minimum atomic E-state index is -0.292. The second kappa shape index (κ2) is 6.72. The molecule has 0 spiro atoms. The van der Waals surface area contributed by atoms with Crippen molar-refractivity contribution in [2.75, 3.05) is 0 Å². The third-order valence-corrected chi connectivity index (χ3v) is 4.29. The van der Waals surface area contributed by atoms with E-state index in [1.165, 1.54) is 11.3 Å². The van der Waals surface area contributed by atoms with Gasteiger partial charge in [0.25, 0.3) is 0 Å². The van der Waals surface area contributed by atoms with Gasteiger partial charge in [-0.3, -0.25) is 4.40 Å². The van der Waals surface area contributed by atoms with E-state index in [0.29, 0.717) is 11.4 Å². The minimum absolute atomic E-state index is 0.0447. The number of benzene rings is 1. The first kappa shape index (κ1) is 16.0. The van der Waals surface area contributed by atoms with Crippen LogP contribution in [0.15, 0.2) is 58.8 Å². The van der Waals surface area contributed by atoms with Crippen molar-refractivity contribution >= 4 is 22.4 Å². The van der Waals surface area contributed by atoms with Gasteiger partial charge in [-0.2, -0.15) is 15.8 Å². The van der Waals surface area contributed by atoms with Gasteiger partial charge in [0.05, 0.1) is 22.7 Å². The van der Waals surface area contributed by atoms with Crippen LogP contribution < -0.4 is 5.73 Å². The van der Waals surface area contributed by atoms with Crippen molar-refractivity contribution in [2.24, 2.45) is 5.73 Å². The van der Waals surface area contributed by atoms with Gasteiger partial charge in [-0.1, -0.05) is 30.3 Å². The second-order valence-electron chi connectivity index (χ2n) is 4.95. The molecule has 0 atom stereocenters. The molecule has 0 saturated carbocycles. The van der Waals surface area contributed by atoms with Gasteiger partial charge in [0.1, 0.15) is 18.2 Å². The van der Waals surface area contributed by atoms with Gasteiger partial charge < -0.3 is 5.73 Å². The van der Waals surface area contributed by atoms with Crippen molar-refractivity contribution in [1.29, 1.82) is 15.8 Å². The van der Waals surface area contributed by atoms with E-state index in [0.717, 1.165) is 10.5 Å². The van der Waals surface area contributed by atoms with E-state index in [9.17, 15) is 5.26 Å². The summed E-state index contributed by atoms with van der Waals surface area (Å²) in [6, 6.07) is 14.9. The molecule has 0 bridgehead atoms. The Balaban J connectivity index is 2.27. The lowest BCUT2D eigenvalue weighted by molar-refractivity contribution is 1.20. The highest BCUT2D eigenvalue weighted by molar-refractivity contribution is 7.15. The molecule has 2 aromatic heterocycles. The quantitative estimate of drug-likeness (QED) is 0.579. The summed E-state index contributed by atoms with van der Waals surface area (Å²) in [7, 11) is 0. The Morgan fingerprint density at radius 2 is 1.84 bits per heavy atom. The van der Waals surface area contributed by atoms with Crippen LogP contribution in [0.4, 0.5) is 0 Å². The Labute approximate surface area is 147 Å². The van der Waals surface area contributed by atoms with E-state index in [4.69, 9.17) is 16.3 Å². The molecule has 1 aromatic carbocycles. The predicted molar refractivity (Wildman–Crippen MR) is 94.5 cm³/mol. The molecule has 3 aromatic rings. The first-order chi connectivity index (χ1) is 12.2. The molecule has 2 heterocycles. The van der Waals surface area contributed by atoms with Crippen LogP contribution in [-0.4, -0.2) is 9.38 Å². The number of allylic oxidation sites excluding steroid dienone is 2. The molecule has 0 aliphatic heterocycles. The van der Waals surface area contributed by atoms with E-state index < -0.39 is 0 Å². The maximum atomic E-state index is 9.44. The standard InChI is InChI=1S/C18H10N6S/c19-9-13(16(22)14(10-20)11-21)8-15-17(12-4-2-1-3-5-12)23-18-24(15)6-7-25-18/h1-8H,22H2.